The summed E-state index contributed by atoms with van der Waals surface area (Å²) < 4.78 is 5.15. The number of furan rings is 1. The molecule has 0 saturated heterocycles. The van der Waals surface area contributed by atoms with Gasteiger partial charge in [-0.1, -0.05) is 6.07 Å². The highest BCUT2D eigenvalue weighted by atomic mass is 16.3. The van der Waals surface area contributed by atoms with E-state index in [0.29, 0.717) is 11.3 Å². The molecule has 0 spiro atoms. The second-order valence-electron chi connectivity index (χ2n) is 3.84. The quantitative estimate of drug-likeness (QED) is 0.490. The van der Waals surface area contributed by atoms with E-state index in [-0.39, 0.29) is 12.5 Å². The minimum absolute atomic E-state index is 0.246. The number of carbonyl (C=O) groups is 1. The minimum Gasteiger partial charge on any atom is -0.467 e. The molecular formula is C13H15N3O2. The maximum Gasteiger partial charge on any atom is 0.268 e. The molecular weight excluding hydrogens is 230 g/mol. The van der Waals surface area contributed by atoms with Crippen molar-refractivity contribution in [1.82, 2.24) is 5.01 Å². The van der Waals surface area contributed by atoms with Crippen LogP contribution in [0.3, 0.4) is 0 Å². The number of hydrogen-bond donors (Lipinski definition) is 2. The fraction of sp³-hybridized carbons (Fsp3) is 0.154. The van der Waals surface area contributed by atoms with Crippen LogP contribution >= 0.6 is 0 Å². The Bertz CT molecular complexity index is 523. The van der Waals surface area contributed by atoms with Crippen LogP contribution in [-0.2, 0) is 6.54 Å². The lowest BCUT2D eigenvalue weighted by Crippen LogP contribution is -2.36. The Morgan fingerprint density at radius 2 is 2.22 bits per heavy atom. The van der Waals surface area contributed by atoms with Gasteiger partial charge in [0, 0.05) is 18.3 Å². The second-order valence-corrected chi connectivity index (χ2v) is 3.84. The van der Waals surface area contributed by atoms with Crippen LogP contribution in [0.15, 0.2) is 47.1 Å². The Labute approximate surface area is 105 Å². The van der Waals surface area contributed by atoms with E-state index >= 15 is 0 Å². The predicted octanol–water partition coefficient (Wildman–Crippen LogP) is 1.84. The van der Waals surface area contributed by atoms with Gasteiger partial charge in [-0.25, -0.2) is 5.84 Å². The van der Waals surface area contributed by atoms with Crippen LogP contribution in [0.2, 0.25) is 0 Å². The molecule has 0 aliphatic rings. The summed E-state index contributed by atoms with van der Waals surface area (Å²) in [5, 5.41) is 4.11. The zero-order chi connectivity index (χ0) is 13.0. The van der Waals surface area contributed by atoms with Gasteiger partial charge in [0.1, 0.15) is 5.76 Å². The van der Waals surface area contributed by atoms with Crippen molar-refractivity contribution in [2.45, 2.75) is 6.54 Å². The molecule has 0 unspecified atom stereocenters. The first-order chi connectivity index (χ1) is 8.70. The highest BCUT2D eigenvalue weighted by molar-refractivity contribution is 5.94. The van der Waals surface area contributed by atoms with Crippen molar-refractivity contribution >= 4 is 11.6 Å². The van der Waals surface area contributed by atoms with Crippen LogP contribution < -0.4 is 11.2 Å². The first-order valence-electron chi connectivity index (χ1n) is 5.57. The molecule has 0 atom stereocenters. The molecule has 0 saturated carbocycles. The van der Waals surface area contributed by atoms with Crippen molar-refractivity contribution in [2.75, 3.05) is 12.4 Å². The monoisotopic (exact) mass is 245 g/mol. The number of nitrogens with one attached hydrogen (secondary N) is 1. The molecule has 1 aromatic heterocycles. The zero-order valence-corrected chi connectivity index (χ0v) is 10.1. The summed E-state index contributed by atoms with van der Waals surface area (Å²) in [6.07, 6.45) is 1.55. The molecule has 1 amide bonds. The van der Waals surface area contributed by atoms with Crippen LogP contribution in [0.5, 0.6) is 0 Å². The Balaban J connectivity index is 2.10. The molecule has 0 radical (unpaired) electrons. The zero-order valence-electron chi connectivity index (χ0n) is 10.1. The van der Waals surface area contributed by atoms with Gasteiger partial charge in [-0.15, -0.1) is 0 Å². The van der Waals surface area contributed by atoms with Crippen molar-refractivity contribution in [2.24, 2.45) is 5.84 Å². The minimum atomic E-state index is -0.247. The highest BCUT2D eigenvalue weighted by Crippen LogP contribution is 2.12. The number of rotatable bonds is 4. The maximum absolute atomic E-state index is 12.1. The molecule has 5 nitrogen and oxygen atoms in total. The van der Waals surface area contributed by atoms with Gasteiger partial charge in [0.2, 0.25) is 0 Å². The average molecular weight is 245 g/mol. The molecule has 2 rings (SSSR count). The molecule has 1 heterocycles. The topological polar surface area (TPSA) is 71.5 Å². The van der Waals surface area contributed by atoms with Crippen LogP contribution in [0.1, 0.15) is 16.1 Å². The SMILES string of the molecule is CNc1cccc(C(=O)N(N)Cc2ccco2)c1. The third kappa shape index (κ3) is 2.70. The number of anilines is 1. The van der Waals surface area contributed by atoms with Gasteiger partial charge in [0.05, 0.1) is 12.8 Å². The summed E-state index contributed by atoms with van der Waals surface area (Å²) in [5.41, 5.74) is 1.41. The van der Waals surface area contributed by atoms with E-state index in [1.54, 1.807) is 43.6 Å². The van der Waals surface area contributed by atoms with Crippen LogP contribution in [0.4, 0.5) is 5.69 Å². The summed E-state index contributed by atoms with van der Waals surface area (Å²) in [7, 11) is 1.80. The smallest absolute Gasteiger partial charge is 0.268 e. The van der Waals surface area contributed by atoms with Crippen LogP contribution in [-0.4, -0.2) is 18.0 Å². The summed E-state index contributed by atoms with van der Waals surface area (Å²) >= 11 is 0. The molecule has 18 heavy (non-hydrogen) atoms. The lowest BCUT2D eigenvalue weighted by atomic mass is 10.2. The standard InChI is InChI=1S/C13H15N3O2/c1-15-11-5-2-4-10(8-11)13(17)16(14)9-12-6-3-7-18-12/h2-8,15H,9,14H2,1H3. The first kappa shape index (κ1) is 12.2. The van der Waals surface area contributed by atoms with Gasteiger partial charge >= 0.3 is 0 Å². The maximum atomic E-state index is 12.1. The van der Waals surface area contributed by atoms with Gasteiger partial charge in [-0.2, -0.15) is 0 Å². The molecule has 1 aromatic carbocycles. The Morgan fingerprint density at radius 3 is 2.89 bits per heavy atom. The van der Waals surface area contributed by atoms with Crippen molar-refractivity contribution in [3.8, 4) is 0 Å². The summed E-state index contributed by atoms with van der Waals surface area (Å²) in [4.78, 5) is 12.1. The van der Waals surface area contributed by atoms with E-state index < -0.39 is 0 Å². The van der Waals surface area contributed by atoms with Crippen molar-refractivity contribution in [3.63, 3.8) is 0 Å². The van der Waals surface area contributed by atoms with E-state index in [9.17, 15) is 4.79 Å². The van der Waals surface area contributed by atoms with Gasteiger partial charge < -0.3 is 9.73 Å². The van der Waals surface area contributed by atoms with Gasteiger partial charge in [-0.3, -0.25) is 9.80 Å². The summed E-state index contributed by atoms with van der Waals surface area (Å²) in [6, 6.07) is 10.7. The number of hydrogen-bond acceptors (Lipinski definition) is 4. The molecule has 2 aromatic rings. The van der Waals surface area contributed by atoms with E-state index in [1.807, 2.05) is 6.07 Å². The van der Waals surface area contributed by atoms with Gasteiger partial charge in [-0.05, 0) is 30.3 Å². The Hall–Kier alpha value is -2.27. The lowest BCUT2D eigenvalue weighted by Gasteiger charge is -2.15. The highest BCUT2D eigenvalue weighted by Gasteiger charge is 2.14. The lowest BCUT2D eigenvalue weighted by molar-refractivity contribution is 0.0731. The number of carbonyl (C=O) groups excluding carboxylic acids is 1. The average Bonchev–Trinajstić information content (AvgIpc) is 2.90. The van der Waals surface area contributed by atoms with E-state index in [4.69, 9.17) is 10.3 Å². The van der Waals surface area contributed by atoms with Crippen molar-refractivity contribution < 1.29 is 9.21 Å². The number of nitrogens with zero attached hydrogens (tertiary/aromatic N) is 1. The molecule has 0 fully saturated rings. The van der Waals surface area contributed by atoms with E-state index in [0.717, 1.165) is 10.7 Å². The normalized spacial score (nSPS) is 10.1. The fourth-order valence-corrected chi connectivity index (χ4v) is 1.62. The number of amides is 1. The van der Waals surface area contributed by atoms with Crippen LogP contribution in [0.25, 0.3) is 0 Å². The molecule has 0 aliphatic carbocycles. The van der Waals surface area contributed by atoms with E-state index in [1.165, 1.54) is 0 Å². The number of benzene rings is 1. The van der Waals surface area contributed by atoms with Crippen molar-refractivity contribution in [1.29, 1.82) is 0 Å². The second kappa shape index (κ2) is 5.37. The third-order valence-electron chi connectivity index (χ3n) is 2.57. The summed E-state index contributed by atoms with van der Waals surface area (Å²) in [6.45, 7) is 0.246. The predicted molar refractivity (Wildman–Crippen MR) is 68.8 cm³/mol. The molecule has 94 valence electrons. The molecule has 5 heteroatoms. The van der Waals surface area contributed by atoms with E-state index in [2.05, 4.69) is 5.32 Å². The van der Waals surface area contributed by atoms with Crippen LogP contribution in [0, 0.1) is 0 Å². The summed E-state index contributed by atoms with van der Waals surface area (Å²) in [5.74, 6) is 6.14. The molecule has 3 N–H and O–H groups in total. The molecule has 0 aliphatic heterocycles. The van der Waals surface area contributed by atoms with Gasteiger partial charge in [0.15, 0.2) is 0 Å². The Kier molecular flexibility index (Phi) is 3.64. The van der Waals surface area contributed by atoms with Gasteiger partial charge in [0.25, 0.3) is 5.91 Å². The number of nitrogens with two attached hydrogens (primary N) is 1. The largest absolute Gasteiger partial charge is 0.467 e. The van der Waals surface area contributed by atoms with Crippen molar-refractivity contribution in [3.05, 3.63) is 54.0 Å². The Morgan fingerprint density at radius 1 is 1.39 bits per heavy atom. The third-order valence-corrected chi connectivity index (χ3v) is 2.57. The number of hydrazine groups is 1. The molecule has 0 bridgehead atoms. The fourth-order valence-electron chi connectivity index (χ4n) is 1.62. The first-order valence-corrected chi connectivity index (χ1v) is 5.57.